The summed E-state index contributed by atoms with van der Waals surface area (Å²) < 4.78 is 5.01. The van der Waals surface area contributed by atoms with Crippen LogP contribution in [0, 0.1) is 6.92 Å². The molecular weight excluding hydrogens is 302 g/mol. The van der Waals surface area contributed by atoms with E-state index in [9.17, 15) is 4.79 Å². The Morgan fingerprint density at radius 1 is 1.04 bits per heavy atom. The van der Waals surface area contributed by atoms with Gasteiger partial charge in [-0.1, -0.05) is 65.8 Å². The predicted octanol–water partition coefficient (Wildman–Crippen LogP) is 3.22. The summed E-state index contributed by atoms with van der Waals surface area (Å²) >= 11 is 0. The Morgan fingerprint density at radius 2 is 1.62 bits per heavy atom. The molecule has 0 bridgehead atoms. The number of rotatable bonds is 6. The summed E-state index contributed by atoms with van der Waals surface area (Å²) in [5.74, 6) is 0.933. The second kappa shape index (κ2) is 7.55. The zero-order valence-corrected chi connectivity index (χ0v) is 13.5. The molecule has 0 fully saturated rings. The Balaban J connectivity index is 1.71. The zero-order chi connectivity index (χ0) is 16.8. The number of hydrogen-bond acceptors (Lipinski definition) is 4. The molecule has 0 radical (unpaired) electrons. The van der Waals surface area contributed by atoms with Crippen molar-refractivity contribution >= 4 is 5.91 Å². The Bertz CT molecular complexity index is 745. The molecule has 5 heteroatoms. The Kier molecular flexibility index (Phi) is 5.01. The maximum Gasteiger partial charge on any atom is 0.246 e. The standard InChI is InChI=1S/C19H19N3O2/c1-14-21-19(24-22-14)13-20-18(23)12-17(15-8-4-2-5-9-15)16-10-6-3-7-11-16/h2-11,17H,12-13H2,1H3,(H,20,23). The molecule has 0 saturated carbocycles. The number of benzene rings is 2. The van der Waals surface area contributed by atoms with Crippen molar-refractivity contribution in [2.45, 2.75) is 25.8 Å². The third kappa shape index (κ3) is 4.07. The molecule has 0 aliphatic carbocycles. The van der Waals surface area contributed by atoms with E-state index < -0.39 is 0 Å². The summed E-state index contributed by atoms with van der Waals surface area (Å²) in [5, 5.41) is 6.56. The van der Waals surface area contributed by atoms with Crippen molar-refractivity contribution in [3.63, 3.8) is 0 Å². The van der Waals surface area contributed by atoms with Gasteiger partial charge in [0, 0.05) is 12.3 Å². The minimum Gasteiger partial charge on any atom is -0.347 e. The second-order valence-electron chi connectivity index (χ2n) is 5.59. The van der Waals surface area contributed by atoms with Crippen LogP contribution in [0.2, 0.25) is 0 Å². The maximum atomic E-state index is 12.4. The van der Waals surface area contributed by atoms with Crippen molar-refractivity contribution < 1.29 is 9.32 Å². The van der Waals surface area contributed by atoms with E-state index >= 15 is 0 Å². The molecule has 3 rings (SSSR count). The van der Waals surface area contributed by atoms with Gasteiger partial charge in [0.2, 0.25) is 11.8 Å². The van der Waals surface area contributed by atoms with Crippen molar-refractivity contribution in [1.82, 2.24) is 15.5 Å². The molecule has 5 nitrogen and oxygen atoms in total. The third-order valence-corrected chi connectivity index (χ3v) is 3.80. The largest absolute Gasteiger partial charge is 0.347 e. The van der Waals surface area contributed by atoms with E-state index in [1.54, 1.807) is 6.92 Å². The molecule has 1 amide bonds. The van der Waals surface area contributed by atoms with Crippen LogP contribution in [0.3, 0.4) is 0 Å². The first-order valence-corrected chi connectivity index (χ1v) is 7.88. The van der Waals surface area contributed by atoms with E-state index in [4.69, 9.17) is 4.52 Å². The van der Waals surface area contributed by atoms with Crippen LogP contribution in [0.5, 0.6) is 0 Å². The molecule has 0 spiro atoms. The first kappa shape index (κ1) is 15.9. The van der Waals surface area contributed by atoms with Gasteiger partial charge in [0.25, 0.3) is 0 Å². The minimum atomic E-state index is -0.0523. The van der Waals surface area contributed by atoms with Gasteiger partial charge in [0.1, 0.15) is 0 Å². The van der Waals surface area contributed by atoms with Crippen LogP contribution in [0.4, 0.5) is 0 Å². The average Bonchev–Trinajstić information content (AvgIpc) is 3.05. The number of aromatic nitrogens is 2. The van der Waals surface area contributed by atoms with E-state index in [1.165, 1.54) is 0 Å². The van der Waals surface area contributed by atoms with Crippen molar-refractivity contribution in [2.75, 3.05) is 0 Å². The molecule has 1 heterocycles. The minimum absolute atomic E-state index is 0.0109. The Labute approximate surface area is 140 Å². The normalized spacial score (nSPS) is 10.8. The SMILES string of the molecule is Cc1noc(CNC(=O)CC(c2ccccc2)c2ccccc2)n1. The molecule has 1 N–H and O–H groups in total. The molecule has 0 atom stereocenters. The lowest BCUT2D eigenvalue weighted by atomic mass is 9.88. The van der Waals surface area contributed by atoms with Gasteiger partial charge in [-0.15, -0.1) is 0 Å². The first-order chi connectivity index (χ1) is 11.7. The highest BCUT2D eigenvalue weighted by molar-refractivity contribution is 5.77. The van der Waals surface area contributed by atoms with Gasteiger partial charge in [0.15, 0.2) is 5.82 Å². The number of nitrogens with zero attached hydrogens (tertiary/aromatic N) is 2. The smallest absolute Gasteiger partial charge is 0.246 e. The first-order valence-electron chi connectivity index (χ1n) is 7.88. The molecule has 0 saturated heterocycles. The second-order valence-corrected chi connectivity index (χ2v) is 5.59. The molecule has 2 aromatic carbocycles. The predicted molar refractivity (Wildman–Crippen MR) is 90.2 cm³/mol. The van der Waals surface area contributed by atoms with Crippen LogP contribution in [0.1, 0.15) is 35.2 Å². The molecule has 3 aromatic rings. The van der Waals surface area contributed by atoms with Gasteiger partial charge < -0.3 is 9.84 Å². The number of amides is 1. The van der Waals surface area contributed by atoms with E-state index in [0.717, 1.165) is 11.1 Å². The van der Waals surface area contributed by atoms with Gasteiger partial charge in [-0.05, 0) is 18.1 Å². The van der Waals surface area contributed by atoms with E-state index in [1.807, 2.05) is 60.7 Å². The molecular formula is C19H19N3O2. The van der Waals surface area contributed by atoms with Gasteiger partial charge in [0.05, 0.1) is 6.54 Å². The summed E-state index contributed by atoms with van der Waals surface area (Å²) in [6, 6.07) is 20.1. The highest BCUT2D eigenvalue weighted by Gasteiger charge is 2.18. The summed E-state index contributed by atoms with van der Waals surface area (Å²) in [7, 11) is 0. The monoisotopic (exact) mass is 321 g/mol. The lowest BCUT2D eigenvalue weighted by molar-refractivity contribution is -0.121. The highest BCUT2D eigenvalue weighted by atomic mass is 16.5. The van der Waals surface area contributed by atoms with Crippen molar-refractivity contribution in [3.8, 4) is 0 Å². The lowest BCUT2D eigenvalue weighted by Gasteiger charge is -2.17. The average molecular weight is 321 g/mol. The van der Waals surface area contributed by atoms with Crippen LogP contribution in [0.15, 0.2) is 65.2 Å². The third-order valence-electron chi connectivity index (χ3n) is 3.80. The summed E-state index contributed by atoms with van der Waals surface area (Å²) in [6.07, 6.45) is 0.362. The van der Waals surface area contributed by atoms with Crippen LogP contribution in [-0.4, -0.2) is 16.0 Å². The van der Waals surface area contributed by atoms with Crippen LogP contribution >= 0.6 is 0 Å². The van der Waals surface area contributed by atoms with E-state index in [2.05, 4.69) is 15.5 Å². The van der Waals surface area contributed by atoms with Crippen LogP contribution < -0.4 is 5.32 Å². The van der Waals surface area contributed by atoms with Crippen molar-refractivity contribution in [3.05, 3.63) is 83.5 Å². The Morgan fingerprint density at radius 3 is 2.12 bits per heavy atom. The summed E-state index contributed by atoms with van der Waals surface area (Å²) in [4.78, 5) is 16.5. The number of nitrogens with one attached hydrogen (secondary N) is 1. The fraction of sp³-hybridized carbons (Fsp3) is 0.211. The maximum absolute atomic E-state index is 12.4. The fourth-order valence-electron chi connectivity index (χ4n) is 2.64. The van der Waals surface area contributed by atoms with Crippen LogP contribution in [0.25, 0.3) is 0 Å². The van der Waals surface area contributed by atoms with Gasteiger partial charge >= 0.3 is 0 Å². The molecule has 0 unspecified atom stereocenters. The van der Waals surface area contributed by atoms with Gasteiger partial charge in [-0.2, -0.15) is 4.98 Å². The van der Waals surface area contributed by atoms with E-state index in [0.29, 0.717) is 18.1 Å². The van der Waals surface area contributed by atoms with Crippen LogP contribution in [-0.2, 0) is 11.3 Å². The molecule has 24 heavy (non-hydrogen) atoms. The number of aryl methyl sites for hydroxylation is 1. The summed E-state index contributed by atoms with van der Waals surface area (Å²) in [6.45, 7) is 1.99. The van der Waals surface area contributed by atoms with Crippen molar-refractivity contribution in [2.24, 2.45) is 0 Å². The van der Waals surface area contributed by atoms with Gasteiger partial charge in [-0.25, -0.2) is 0 Å². The lowest BCUT2D eigenvalue weighted by Crippen LogP contribution is -2.25. The zero-order valence-electron chi connectivity index (χ0n) is 13.5. The van der Waals surface area contributed by atoms with Crippen molar-refractivity contribution in [1.29, 1.82) is 0 Å². The highest BCUT2D eigenvalue weighted by Crippen LogP contribution is 2.27. The Hall–Kier alpha value is -2.95. The topological polar surface area (TPSA) is 68.0 Å². The molecule has 1 aromatic heterocycles. The number of carbonyl (C=O) groups is 1. The molecule has 122 valence electrons. The number of hydrogen-bond donors (Lipinski definition) is 1. The number of carbonyl (C=O) groups excluding carboxylic acids is 1. The summed E-state index contributed by atoms with van der Waals surface area (Å²) in [5.41, 5.74) is 2.24. The van der Waals surface area contributed by atoms with E-state index in [-0.39, 0.29) is 18.4 Å². The molecule has 0 aliphatic heterocycles. The fourth-order valence-corrected chi connectivity index (χ4v) is 2.64. The quantitative estimate of drug-likeness (QED) is 0.757. The molecule has 0 aliphatic rings. The van der Waals surface area contributed by atoms with Gasteiger partial charge in [-0.3, -0.25) is 4.79 Å².